The van der Waals surface area contributed by atoms with Crippen LogP contribution in [-0.2, 0) is 16.7 Å². The molecule has 2 aromatic rings. The van der Waals surface area contributed by atoms with Crippen molar-refractivity contribution in [1.82, 2.24) is 0 Å². The molecule has 140 valence electrons. The van der Waals surface area contributed by atoms with Gasteiger partial charge >= 0.3 is 0 Å². The van der Waals surface area contributed by atoms with E-state index in [9.17, 15) is 0 Å². The predicted molar refractivity (Wildman–Crippen MR) is 109 cm³/mol. The van der Waals surface area contributed by atoms with E-state index in [1.807, 2.05) is 12.1 Å². The molecular formula is C23H31ClNO+. The van der Waals surface area contributed by atoms with Crippen molar-refractivity contribution in [2.75, 3.05) is 13.2 Å². The second-order valence-corrected chi connectivity index (χ2v) is 8.32. The Balaban J connectivity index is 1.67. The Hall–Kier alpha value is -1.35. The maximum absolute atomic E-state index is 6.16. The van der Waals surface area contributed by atoms with E-state index in [4.69, 9.17) is 16.3 Å². The molecule has 1 saturated heterocycles. The molecule has 0 unspecified atom stereocenters. The van der Waals surface area contributed by atoms with E-state index < -0.39 is 0 Å². The molecule has 0 radical (unpaired) electrons. The van der Waals surface area contributed by atoms with E-state index in [0.29, 0.717) is 0 Å². The highest BCUT2D eigenvalue weighted by Gasteiger charge is 2.43. The molecule has 3 rings (SSSR count). The second kappa shape index (κ2) is 8.56. The lowest BCUT2D eigenvalue weighted by molar-refractivity contribution is -0.672. The van der Waals surface area contributed by atoms with Gasteiger partial charge in [-0.05, 0) is 43.9 Å². The summed E-state index contributed by atoms with van der Waals surface area (Å²) < 4.78 is 6.16. The average Bonchev–Trinajstić information content (AvgIpc) is 2.67. The van der Waals surface area contributed by atoms with Crippen LogP contribution in [0.3, 0.4) is 0 Å². The van der Waals surface area contributed by atoms with Crippen LogP contribution in [0.1, 0.15) is 50.7 Å². The first-order valence-corrected chi connectivity index (χ1v) is 10.2. The third kappa shape index (κ3) is 4.68. The number of hydrogen-bond donors (Lipinski definition) is 1. The van der Waals surface area contributed by atoms with E-state index in [1.54, 1.807) is 0 Å². The Morgan fingerprint density at radius 3 is 2.50 bits per heavy atom. The Kier molecular flexibility index (Phi) is 6.39. The molecular weight excluding hydrogens is 342 g/mol. The molecule has 26 heavy (non-hydrogen) atoms. The number of ether oxygens (including phenoxy) is 1. The Morgan fingerprint density at radius 2 is 1.81 bits per heavy atom. The zero-order valence-corrected chi connectivity index (χ0v) is 16.8. The summed E-state index contributed by atoms with van der Waals surface area (Å²) in [5.41, 5.74) is 3.02. The van der Waals surface area contributed by atoms with Gasteiger partial charge in [-0.3, -0.25) is 0 Å². The van der Waals surface area contributed by atoms with E-state index in [1.165, 1.54) is 17.5 Å². The van der Waals surface area contributed by atoms with Gasteiger partial charge in [-0.1, -0.05) is 61.0 Å². The van der Waals surface area contributed by atoms with Crippen molar-refractivity contribution in [2.24, 2.45) is 0 Å². The van der Waals surface area contributed by atoms with Crippen LogP contribution in [0.15, 0.2) is 54.6 Å². The van der Waals surface area contributed by atoms with Gasteiger partial charge in [0.2, 0.25) is 0 Å². The van der Waals surface area contributed by atoms with Gasteiger partial charge in [-0.25, -0.2) is 0 Å². The normalized spacial score (nSPS) is 26.0. The van der Waals surface area contributed by atoms with Crippen LogP contribution in [0.25, 0.3) is 0 Å². The van der Waals surface area contributed by atoms with Gasteiger partial charge in [0, 0.05) is 29.0 Å². The van der Waals surface area contributed by atoms with Crippen LogP contribution in [-0.4, -0.2) is 18.8 Å². The zero-order valence-electron chi connectivity index (χ0n) is 16.0. The lowest BCUT2D eigenvalue weighted by Gasteiger charge is -2.46. The second-order valence-electron chi connectivity index (χ2n) is 7.88. The van der Waals surface area contributed by atoms with Crippen LogP contribution < -0.4 is 5.32 Å². The van der Waals surface area contributed by atoms with Crippen molar-refractivity contribution in [3.05, 3.63) is 70.7 Å². The molecule has 0 bridgehead atoms. The van der Waals surface area contributed by atoms with Gasteiger partial charge < -0.3 is 10.1 Å². The Bertz CT molecular complexity index is 687. The third-order valence-corrected chi connectivity index (χ3v) is 6.25. The minimum Gasteiger partial charge on any atom is -0.375 e. The topological polar surface area (TPSA) is 25.8 Å². The van der Waals surface area contributed by atoms with Gasteiger partial charge in [0.15, 0.2) is 0 Å². The number of quaternary nitrogens is 1. The fraction of sp³-hybridized carbons (Fsp3) is 0.478. The van der Waals surface area contributed by atoms with Crippen molar-refractivity contribution in [2.45, 2.75) is 57.1 Å². The van der Waals surface area contributed by atoms with E-state index >= 15 is 0 Å². The lowest BCUT2D eigenvalue weighted by Crippen LogP contribution is -2.83. The number of benzene rings is 2. The molecule has 1 heterocycles. The van der Waals surface area contributed by atoms with Crippen LogP contribution in [0.4, 0.5) is 0 Å². The largest absolute Gasteiger partial charge is 0.375 e. The molecule has 0 amide bonds. The van der Waals surface area contributed by atoms with Crippen molar-refractivity contribution in [3.8, 4) is 0 Å². The van der Waals surface area contributed by atoms with E-state index in [-0.39, 0.29) is 11.0 Å². The van der Waals surface area contributed by atoms with Gasteiger partial charge in [-0.15, -0.1) is 0 Å². The summed E-state index contributed by atoms with van der Waals surface area (Å²) in [7, 11) is 0. The highest BCUT2D eigenvalue weighted by molar-refractivity contribution is 6.30. The van der Waals surface area contributed by atoms with Crippen molar-refractivity contribution in [3.63, 3.8) is 0 Å². The van der Waals surface area contributed by atoms with Crippen molar-refractivity contribution in [1.29, 1.82) is 0 Å². The molecule has 0 spiro atoms. The summed E-state index contributed by atoms with van der Waals surface area (Å²) in [6, 6.07) is 19.3. The standard InChI is InChI=1S/C23H30ClNO/c1-3-22(2)18-23(14-16-26-22,20-7-5-4-6-8-20)13-15-25-17-19-9-11-21(24)12-10-19/h4-12,25H,3,13-18H2,1-2H3/p+1/t22-,23-/m1/s1. The molecule has 0 saturated carbocycles. The number of rotatable bonds is 7. The van der Waals surface area contributed by atoms with Crippen LogP contribution in [0.2, 0.25) is 5.02 Å². The first-order chi connectivity index (χ1) is 12.6. The molecule has 1 aliphatic heterocycles. The summed E-state index contributed by atoms with van der Waals surface area (Å²) in [6.45, 7) is 7.51. The Labute approximate surface area is 162 Å². The highest BCUT2D eigenvalue weighted by atomic mass is 35.5. The SMILES string of the molecule is CC[C@]1(C)C[C@](CC[NH2+]Cc2ccc(Cl)cc2)(c2ccccc2)CCO1. The van der Waals surface area contributed by atoms with Crippen LogP contribution >= 0.6 is 11.6 Å². The summed E-state index contributed by atoms with van der Waals surface area (Å²) >= 11 is 5.98. The van der Waals surface area contributed by atoms with Gasteiger partial charge in [0.25, 0.3) is 0 Å². The molecule has 2 nitrogen and oxygen atoms in total. The summed E-state index contributed by atoms with van der Waals surface area (Å²) in [5, 5.41) is 3.23. The maximum atomic E-state index is 6.16. The molecule has 2 atom stereocenters. The minimum atomic E-state index is -0.00965. The minimum absolute atomic E-state index is 0.00965. The average molecular weight is 373 g/mol. The number of nitrogens with two attached hydrogens (primary N) is 1. The lowest BCUT2D eigenvalue weighted by atomic mass is 9.66. The number of hydrogen-bond acceptors (Lipinski definition) is 1. The molecule has 2 aromatic carbocycles. The quantitative estimate of drug-likeness (QED) is 0.700. The zero-order chi connectivity index (χ0) is 18.5. The van der Waals surface area contributed by atoms with Crippen molar-refractivity contribution < 1.29 is 10.1 Å². The first-order valence-electron chi connectivity index (χ1n) is 9.81. The fourth-order valence-corrected chi connectivity index (χ4v) is 4.36. The third-order valence-electron chi connectivity index (χ3n) is 6.00. The first kappa shape index (κ1) is 19.4. The monoisotopic (exact) mass is 372 g/mol. The summed E-state index contributed by atoms with van der Waals surface area (Å²) in [5.74, 6) is 0. The maximum Gasteiger partial charge on any atom is 0.101 e. The predicted octanol–water partition coefficient (Wildman–Crippen LogP) is 4.71. The van der Waals surface area contributed by atoms with Gasteiger partial charge in [-0.2, -0.15) is 0 Å². The molecule has 2 N–H and O–H groups in total. The van der Waals surface area contributed by atoms with Gasteiger partial charge in [0.05, 0.1) is 12.1 Å². The molecule has 0 aromatic heterocycles. The summed E-state index contributed by atoms with van der Waals surface area (Å²) in [4.78, 5) is 0. The number of halogens is 1. The molecule has 3 heteroatoms. The fourth-order valence-electron chi connectivity index (χ4n) is 4.24. The Morgan fingerprint density at radius 1 is 1.08 bits per heavy atom. The van der Waals surface area contributed by atoms with Crippen LogP contribution in [0.5, 0.6) is 0 Å². The van der Waals surface area contributed by atoms with Crippen LogP contribution in [0, 0.1) is 0 Å². The van der Waals surface area contributed by atoms with E-state index in [2.05, 4.69) is 61.6 Å². The summed E-state index contributed by atoms with van der Waals surface area (Å²) in [6.07, 6.45) is 4.47. The smallest absolute Gasteiger partial charge is 0.101 e. The highest BCUT2D eigenvalue weighted by Crippen LogP contribution is 2.44. The molecule has 1 aliphatic rings. The molecule has 1 fully saturated rings. The van der Waals surface area contributed by atoms with E-state index in [0.717, 1.165) is 44.0 Å². The van der Waals surface area contributed by atoms with Gasteiger partial charge in [0.1, 0.15) is 6.54 Å². The van der Waals surface area contributed by atoms with Crippen molar-refractivity contribution >= 4 is 11.6 Å². The molecule has 0 aliphatic carbocycles.